The van der Waals surface area contributed by atoms with E-state index in [1.54, 1.807) is 6.07 Å². The van der Waals surface area contributed by atoms with Crippen LogP contribution in [-0.4, -0.2) is 18.4 Å². The molecule has 0 amide bonds. The molecule has 2 heterocycles. The maximum atomic E-state index is 12.1. The molecular weight excluding hydrogens is 266 g/mol. The summed E-state index contributed by atoms with van der Waals surface area (Å²) in [7, 11) is -3.88. The van der Waals surface area contributed by atoms with Crippen LogP contribution < -0.4 is 10.5 Å². The first kappa shape index (κ1) is 12.8. The minimum atomic E-state index is -3.88. The molecule has 0 aliphatic rings. The highest BCUT2D eigenvalue weighted by Gasteiger charge is 2.19. The van der Waals surface area contributed by atoms with Crippen molar-refractivity contribution >= 4 is 21.5 Å². The molecule has 0 atom stereocenters. The van der Waals surface area contributed by atoms with Crippen molar-refractivity contribution in [2.45, 2.75) is 4.90 Å². The molecule has 0 fully saturated rings. The summed E-state index contributed by atoms with van der Waals surface area (Å²) in [5, 5.41) is 8.85. The van der Waals surface area contributed by atoms with Crippen molar-refractivity contribution in [3.8, 4) is 6.07 Å². The van der Waals surface area contributed by atoms with Crippen LogP contribution in [0.5, 0.6) is 0 Å². The lowest BCUT2D eigenvalue weighted by Gasteiger charge is -2.08. The number of aromatic nitrogens is 2. The SMILES string of the molecule is N#Cc1ncccc1S(=O)(=O)Nc1ccc(N)nc1. The zero-order valence-corrected chi connectivity index (χ0v) is 10.4. The molecule has 0 radical (unpaired) electrons. The predicted octanol–water partition coefficient (Wildman–Crippen LogP) is 0.731. The topological polar surface area (TPSA) is 122 Å². The number of nitrogens with zero attached hydrogens (tertiary/aromatic N) is 3. The van der Waals surface area contributed by atoms with Gasteiger partial charge in [0.2, 0.25) is 0 Å². The highest BCUT2D eigenvalue weighted by atomic mass is 32.2. The number of nitrogen functional groups attached to an aromatic ring is 1. The molecule has 0 unspecified atom stereocenters. The number of anilines is 2. The van der Waals surface area contributed by atoms with Gasteiger partial charge in [-0.3, -0.25) is 4.72 Å². The third-order valence-corrected chi connectivity index (χ3v) is 3.62. The molecule has 0 saturated carbocycles. The number of hydrogen-bond acceptors (Lipinski definition) is 6. The summed E-state index contributed by atoms with van der Waals surface area (Å²) in [5.74, 6) is 0.280. The van der Waals surface area contributed by atoms with E-state index in [9.17, 15) is 8.42 Å². The van der Waals surface area contributed by atoms with Crippen molar-refractivity contribution in [2.75, 3.05) is 10.5 Å². The molecule has 2 rings (SSSR count). The fraction of sp³-hybridized carbons (Fsp3) is 0. The van der Waals surface area contributed by atoms with Crippen LogP contribution in [0, 0.1) is 11.3 Å². The average molecular weight is 275 g/mol. The first-order valence-electron chi connectivity index (χ1n) is 5.12. The summed E-state index contributed by atoms with van der Waals surface area (Å²) in [6.07, 6.45) is 2.64. The largest absolute Gasteiger partial charge is 0.384 e. The van der Waals surface area contributed by atoms with Crippen molar-refractivity contribution in [3.63, 3.8) is 0 Å². The Hall–Kier alpha value is -2.66. The first-order valence-corrected chi connectivity index (χ1v) is 6.61. The second-order valence-electron chi connectivity index (χ2n) is 3.54. The molecule has 0 spiro atoms. The molecule has 2 aromatic rings. The minimum absolute atomic E-state index is 0.168. The smallest absolute Gasteiger partial charge is 0.264 e. The molecule has 8 heteroatoms. The predicted molar refractivity (Wildman–Crippen MR) is 68.4 cm³/mol. The summed E-state index contributed by atoms with van der Waals surface area (Å²) in [5.41, 5.74) is 5.49. The molecule has 0 saturated heterocycles. The fourth-order valence-electron chi connectivity index (χ4n) is 1.37. The average Bonchev–Trinajstić information content (AvgIpc) is 2.41. The molecule has 2 aromatic heterocycles. The van der Waals surface area contributed by atoms with Crippen LogP contribution in [-0.2, 0) is 10.0 Å². The van der Waals surface area contributed by atoms with Crippen LogP contribution in [0.25, 0.3) is 0 Å². The zero-order chi connectivity index (χ0) is 13.9. The summed E-state index contributed by atoms with van der Waals surface area (Å²) in [6, 6.07) is 7.42. The van der Waals surface area contributed by atoms with Crippen molar-refractivity contribution in [1.82, 2.24) is 9.97 Å². The Balaban J connectivity index is 2.38. The van der Waals surface area contributed by atoms with E-state index in [-0.39, 0.29) is 22.1 Å². The Morgan fingerprint density at radius 3 is 2.68 bits per heavy atom. The van der Waals surface area contributed by atoms with Crippen LogP contribution in [0.3, 0.4) is 0 Å². The van der Waals surface area contributed by atoms with Gasteiger partial charge in [0.05, 0.1) is 11.9 Å². The lowest BCUT2D eigenvalue weighted by molar-refractivity contribution is 0.600. The standard InChI is InChI=1S/C11H9N5O2S/c12-6-9-10(2-1-5-14-9)19(17,18)16-8-3-4-11(13)15-7-8/h1-5,7,16H,(H2,13,15). The van der Waals surface area contributed by atoms with E-state index < -0.39 is 10.0 Å². The normalized spacial score (nSPS) is 10.7. The van der Waals surface area contributed by atoms with Crippen molar-refractivity contribution in [2.24, 2.45) is 0 Å². The number of pyridine rings is 2. The molecule has 0 aliphatic carbocycles. The zero-order valence-electron chi connectivity index (χ0n) is 9.61. The lowest BCUT2D eigenvalue weighted by atomic mass is 10.4. The quantitative estimate of drug-likeness (QED) is 0.851. The van der Waals surface area contributed by atoms with Crippen LogP contribution in [0.2, 0.25) is 0 Å². The maximum absolute atomic E-state index is 12.1. The van der Waals surface area contributed by atoms with Crippen LogP contribution in [0.1, 0.15) is 5.69 Å². The number of hydrogen-bond donors (Lipinski definition) is 2. The van der Waals surface area contributed by atoms with Gasteiger partial charge in [-0.25, -0.2) is 18.4 Å². The van der Waals surface area contributed by atoms with Gasteiger partial charge in [-0.15, -0.1) is 0 Å². The van der Waals surface area contributed by atoms with Crippen molar-refractivity contribution < 1.29 is 8.42 Å². The van der Waals surface area contributed by atoms with Gasteiger partial charge in [0, 0.05) is 6.20 Å². The maximum Gasteiger partial charge on any atom is 0.264 e. The Labute approximate surface area is 109 Å². The van der Waals surface area contributed by atoms with E-state index in [0.717, 1.165) is 0 Å². The molecule has 0 aromatic carbocycles. The monoisotopic (exact) mass is 275 g/mol. The van der Waals surface area contributed by atoms with Crippen LogP contribution in [0.4, 0.5) is 11.5 Å². The molecule has 19 heavy (non-hydrogen) atoms. The van der Waals surface area contributed by atoms with Gasteiger partial charge in [-0.1, -0.05) is 0 Å². The second-order valence-corrected chi connectivity index (χ2v) is 5.19. The van der Waals surface area contributed by atoms with Crippen LogP contribution in [0.15, 0.2) is 41.6 Å². The van der Waals surface area contributed by atoms with Gasteiger partial charge in [0.1, 0.15) is 16.8 Å². The van der Waals surface area contributed by atoms with Crippen molar-refractivity contribution in [3.05, 3.63) is 42.4 Å². The summed E-state index contributed by atoms with van der Waals surface area (Å²) < 4.78 is 26.5. The third kappa shape index (κ3) is 2.78. The number of rotatable bonds is 3. The van der Waals surface area contributed by atoms with E-state index in [1.807, 2.05) is 0 Å². The van der Waals surface area contributed by atoms with Crippen LogP contribution >= 0.6 is 0 Å². The Bertz CT molecular complexity index is 734. The molecule has 96 valence electrons. The lowest BCUT2D eigenvalue weighted by Crippen LogP contribution is -2.15. The fourth-order valence-corrected chi connectivity index (χ4v) is 2.52. The van der Waals surface area contributed by atoms with Gasteiger partial charge >= 0.3 is 0 Å². The van der Waals surface area contributed by atoms with Gasteiger partial charge < -0.3 is 5.73 Å². The number of sulfonamides is 1. The Morgan fingerprint density at radius 2 is 2.05 bits per heavy atom. The van der Waals surface area contributed by atoms with Crippen molar-refractivity contribution in [1.29, 1.82) is 5.26 Å². The van der Waals surface area contributed by atoms with E-state index in [4.69, 9.17) is 11.0 Å². The highest BCUT2D eigenvalue weighted by Crippen LogP contribution is 2.17. The van der Waals surface area contributed by atoms with Gasteiger partial charge in [-0.2, -0.15) is 5.26 Å². The van der Waals surface area contributed by atoms with Gasteiger partial charge in [0.15, 0.2) is 5.69 Å². The van der Waals surface area contributed by atoms with E-state index >= 15 is 0 Å². The molecule has 3 N–H and O–H groups in total. The van der Waals surface area contributed by atoms with E-state index in [0.29, 0.717) is 0 Å². The van der Waals surface area contributed by atoms with Gasteiger partial charge in [-0.05, 0) is 24.3 Å². The highest BCUT2D eigenvalue weighted by molar-refractivity contribution is 7.92. The number of nitrogens with one attached hydrogen (secondary N) is 1. The molecular formula is C11H9N5O2S. The summed E-state index contributed by atoms with van der Waals surface area (Å²) >= 11 is 0. The van der Waals surface area contributed by atoms with Gasteiger partial charge in [0.25, 0.3) is 10.0 Å². The Morgan fingerprint density at radius 1 is 1.26 bits per heavy atom. The van der Waals surface area contributed by atoms with E-state index in [2.05, 4.69) is 14.7 Å². The Kier molecular flexibility index (Phi) is 3.31. The minimum Gasteiger partial charge on any atom is -0.384 e. The number of nitrogens with two attached hydrogens (primary N) is 1. The summed E-state index contributed by atoms with van der Waals surface area (Å²) in [6.45, 7) is 0. The molecule has 7 nitrogen and oxygen atoms in total. The van der Waals surface area contributed by atoms with E-state index in [1.165, 1.54) is 36.7 Å². The third-order valence-electron chi connectivity index (χ3n) is 2.20. The second kappa shape index (κ2) is 4.91. The molecule has 0 aliphatic heterocycles. The first-order chi connectivity index (χ1) is 9.03. The molecule has 0 bridgehead atoms. The number of nitriles is 1. The summed E-state index contributed by atoms with van der Waals surface area (Å²) in [4.78, 5) is 7.29.